The third kappa shape index (κ3) is 3.73. The Morgan fingerprint density at radius 3 is 1.78 bits per heavy atom. The second-order valence-electron chi connectivity index (χ2n) is 2.62. The minimum absolute atomic E-state index is 0. The van der Waals surface area contributed by atoms with Gasteiger partial charge in [0, 0.05) is 0 Å². The van der Waals surface area contributed by atoms with E-state index in [0.717, 1.165) is 6.54 Å². The Morgan fingerprint density at radius 2 is 1.78 bits per heavy atom. The molecule has 1 unspecified atom stereocenters. The number of halogens is 1. The van der Waals surface area contributed by atoms with Crippen LogP contribution < -0.4 is 12.4 Å². The zero-order valence-electron chi connectivity index (χ0n) is 6.56. The van der Waals surface area contributed by atoms with Crippen molar-refractivity contribution in [2.45, 2.75) is 26.8 Å². The second-order valence-corrected chi connectivity index (χ2v) is 2.62. The highest BCUT2D eigenvalue weighted by Gasteiger charge is 2.19. The molecule has 0 bridgehead atoms. The van der Waals surface area contributed by atoms with Gasteiger partial charge in [-0.05, 0) is 20.8 Å². The monoisotopic (exact) mass is 153 g/mol. The Balaban J connectivity index is 0. The fourth-order valence-electron chi connectivity index (χ4n) is 0.365. The van der Waals surface area contributed by atoms with Gasteiger partial charge < -0.3 is 12.4 Å². The summed E-state index contributed by atoms with van der Waals surface area (Å²) in [5.41, 5.74) is 0. The zero-order chi connectivity index (χ0) is 6.78. The molecule has 1 N–H and O–H groups in total. The quantitative estimate of drug-likeness (QED) is 0.369. The van der Waals surface area contributed by atoms with E-state index in [0.29, 0.717) is 6.04 Å². The first-order valence-corrected chi connectivity index (χ1v) is 3.08. The largest absolute Gasteiger partial charge is 1.00 e. The van der Waals surface area contributed by atoms with Gasteiger partial charge in [0.25, 0.3) is 0 Å². The Kier molecular flexibility index (Phi) is 5.43. The van der Waals surface area contributed by atoms with Crippen molar-refractivity contribution in [1.82, 2.24) is 0 Å². The molecule has 0 rings (SSSR count). The van der Waals surface area contributed by atoms with Crippen molar-refractivity contribution < 1.29 is 22.3 Å². The normalized spacial score (nSPS) is 16.7. The van der Waals surface area contributed by atoms with E-state index in [1.165, 1.54) is 0 Å². The van der Waals surface area contributed by atoms with E-state index in [4.69, 9.17) is 0 Å². The van der Waals surface area contributed by atoms with Crippen molar-refractivity contribution in [3.05, 3.63) is 0 Å². The lowest BCUT2D eigenvalue weighted by Crippen LogP contribution is -3.00. The average Bonchev–Trinajstić information content (AvgIpc) is 1.67. The molecule has 0 radical (unpaired) electrons. The molecule has 2 nitrogen and oxygen atoms in total. The molecular formula is C6H16ClNO. The van der Waals surface area contributed by atoms with Crippen LogP contribution in [0.4, 0.5) is 0 Å². The van der Waals surface area contributed by atoms with Crippen molar-refractivity contribution in [3.63, 3.8) is 0 Å². The maximum absolute atomic E-state index is 9.34. The molecule has 0 aliphatic rings. The fraction of sp³-hybridized carbons (Fsp3) is 1.00. The molecule has 0 aliphatic carbocycles. The molecule has 0 saturated heterocycles. The van der Waals surface area contributed by atoms with Crippen LogP contribution in [-0.2, 0) is 0 Å². The Labute approximate surface area is 63.4 Å². The maximum Gasteiger partial charge on any atom is 0.113 e. The summed E-state index contributed by atoms with van der Waals surface area (Å²) in [5.74, 6) is 0. The van der Waals surface area contributed by atoms with Gasteiger partial charge in [-0.15, -0.1) is 0 Å². The number of quaternary nitrogens is 1. The van der Waals surface area contributed by atoms with E-state index in [2.05, 4.69) is 0 Å². The summed E-state index contributed by atoms with van der Waals surface area (Å²) in [6.45, 7) is 6.75. The molecule has 0 amide bonds. The van der Waals surface area contributed by atoms with Gasteiger partial charge in [-0.2, -0.15) is 4.65 Å². The topological polar surface area (TPSA) is 20.2 Å². The minimum atomic E-state index is 0. The predicted molar refractivity (Wildman–Crippen MR) is 33.6 cm³/mol. The molecule has 0 aromatic rings. The second kappa shape index (κ2) is 4.09. The Hall–Kier alpha value is 0.210. The molecule has 0 aromatic heterocycles. The van der Waals surface area contributed by atoms with Gasteiger partial charge in [-0.25, -0.2) is 5.21 Å². The van der Waals surface area contributed by atoms with E-state index in [1.807, 2.05) is 27.8 Å². The summed E-state index contributed by atoms with van der Waals surface area (Å²) in [5, 5.41) is 9.34. The van der Waals surface area contributed by atoms with E-state index in [1.54, 1.807) is 0 Å². The van der Waals surface area contributed by atoms with Crippen LogP contribution in [0.3, 0.4) is 0 Å². The third-order valence-corrected chi connectivity index (χ3v) is 1.75. The van der Waals surface area contributed by atoms with Gasteiger partial charge in [0.1, 0.15) is 12.6 Å². The number of hydroxylamine groups is 3. The first-order valence-electron chi connectivity index (χ1n) is 3.08. The van der Waals surface area contributed by atoms with Crippen LogP contribution in [0.15, 0.2) is 0 Å². The highest BCUT2D eigenvalue weighted by Crippen LogP contribution is 2.02. The van der Waals surface area contributed by atoms with Gasteiger partial charge in [-0.1, -0.05) is 0 Å². The lowest BCUT2D eigenvalue weighted by Gasteiger charge is -2.27. The molecule has 9 heavy (non-hydrogen) atoms. The van der Waals surface area contributed by atoms with Crippen LogP contribution in [0.5, 0.6) is 0 Å². The molecular weight excluding hydrogens is 138 g/mol. The van der Waals surface area contributed by atoms with Crippen LogP contribution in [0.25, 0.3) is 0 Å². The summed E-state index contributed by atoms with van der Waals surface area (Å²) >= 11 is 0. The predicted octanol–water partition coefficient (Wildman–Crippen LogP) is -1.75. The SMILES string of the molecule is CC[N+](C)(O)C(C)C.[Cl-]. The number of hydrogen-bond acceptors (Lipinski definition) is 1. The van der Waals surface area contributed by atoms with Crippen molar-refractivity contribution in [2.24, 2.45) is 0 Å². The summed E-state index contributed by atoms with van der Waals surface area (Å²) in [4.78, 5) is 0. The van der Waals surface area contributed by atoms with Crippen molar-refractivity contribution >= 4 is 0 Å². The van der Waals surface area contributed by atoms with Crippen LogP contribution in [0.1, 0.15) is 20.8 Å². The van der Waals surface area contributed by atoms with Crippen LogP contribution in [0, 0.1) is 0 Å². The molecule has 0 spiro atoms. The minimum Gasteiger partial charge on any atom is -1.00 e. The van der Waals surface area contributed by atoms with Crippen LogP contribution >= 0.6 is 0 Å². The number of rotatable bonds is 2. The molecule has 0 heterocycles. The lowest BCUT2D eigenvalue weighted by atomic mass is 10.3. The Morgan fingerprint density at radius 1 is 1.44 bits per heavy atom. The van der Waals surface area contributed by atoms with Crippen molar-refractivity contribution in [2.75, 3.05) is 13.6 Å². The van der Waals surface area contributed by atoms with Gasteiger partial charge in [0.05, 0.1) is 7.05 Å². The van der Waals surface area contributed by atoms with Gasteiger partial charge in [0.15, 0.2) is 0 Å². The molecule has 0 saturated carbocycles. The fourth-order valence-corrected chi connectivity index (χ4v) is 0.365. The Bertz CT molecular complexity index is 73.5. The van der Waals surface area contributed by atoms with E-state index in [-0.39, 0.29) is 17.1 Å². The first-order chi connectivity index (χ1) is 3.50. The van der Waals surface area contributed by atoms with Gasteiger partial charge in [0.2, 0.25) is 0 Å². The number of hydrogen-bond donors (Lipinski definition) is 1. The molecule has 0 aromatic carbocycles. The van der Waals surface area contributed by atoms with E-state index in [9.17, 15) is 5.21 Å². The molecule has 0 fully saturated rings. The molecule has 0 aliphatic heterocycles. The van der Waals surface area contributed by atoms with Crippen molar-refractivity contribution in [1.29, 1.82) is 0 Å². The molecule has 58 valence electrons. The standard InChI is InChI=1S/C6H16NO.ClH/c1-5-7(4,8)6(2)3;/h6,8H,5H2,1-4H3;1H/q+1;/p-1. The average molecular weight is 154 g/mol. The zero-order valence-corrected chi connectivity index (χ0v) is 7.31. The first kappa shape index (κ1) is 11.9. The summed E-state index contributed by atoms with van der Waals surface area (Å²) in [7, 11) is 1.81. The van der Waals surface area contributed by atoms with Crippen LogP contribution in [0.2, 0.25) is 0 Å². The van der Waals surface area contributed by atoms with Crippen molar-refractivity contribution in [3.8, 4) is 0 Å². The molecule has 1 atom stereocenters. The van der Waals surface area contributed by atoms with E-state index < -0.39 is 0 Å². The highest BCUT2D eigenvalue weighted by atomic mass is 35.5. The van der Waals surface area contributed by atoms with E-state index >= 15 is 0 Å². The number of nitrogens with zero attached hydrogens (tertiary/aromatic N) is 1. The third-order valence-electron chi connectivity index (χ3n) is 1.75. The van der Waals surface area contributed by atoms with Gasteiger partial charge in [-0.3, -0.25) is 0 Å². The maximum atomic E-state index is 9.34. The summed E-state index contributed by atoms with van der Waals surface area (Å²) in [6.07, 6.45) is 0. The van der Waals surface area contributed by atoms with Gasteiger partial charge >= 0.3 is 0 Å². The summed E-state index contributed by atoms with van der Waals surface area (Å²) < 4.78 is 0.125. The smallest absolute Gasteiger partial charge is 0.113 e. The lowest BCUT2D eigenvalue weighted by molar-refractivity contribution is -1.10. The summed E-state index contributed by atoms with van der Waals surface area (Å²) in [6, 6.07) is 0.306. The molecule has 3 heteroatoms. The highest BCUT2D eigenvalue weighted by molar-refractivity contribution is 4.31. The van der Waals surface area contributed by atoms with Crippen LogP contribution in [-0.4, -0.2) is 29.5 Å².